The minimum Gasteiger partial charge on any atom is -0.317 e. The van der Waals surface area contributed by atoms with Crippen LogP contribution in [-0.2, 0) is 4.79 Å². The second kappa shape index (κ2) is 3.99. The molecule has 2 saturated heterocycles. The number of rotatable bonds is 2. The highest BCUT2D eigenvalue weighted by molar-refractivity contribution is 7.99. The molecule has 0 bridgehead atoms. The van der Waals surface area contributed by atoms with E-state index in [9.17, 15) is 4.79 Å². The molecule has 1 aliphatic carbocycles. The molecule has 1 saturated carbocycles. The van der Waals surface area contributed by atoms with Crippen LogP contribution in [0.3, 0.4) is 0 Å². The summed E-state index contributed by atoms with van der Waals surface area (Å²) in [6.07, 6.45) is 3.30. The summed E-state index contributed by atoms with van der Waals surface area (Å²) < 4.78 is 0. The van der Waals surface area contributed by atoms with Crippen molar-refractivity contribution in [3.05, 3.63) is 22.4 Å². The Kier molecular flexibility index (Phi) is 2.51. The van der Waals surface area contributed by atoms with Gasteiger partial charge in [0.15, 0.2) is 0 Å². The average molecular weight is 280 g/mol. The summed E-state index contributed by atoms with van der Waals surface area (Å²) >= 11 is 3.68. The lowest BCUT2D eigenvalue weighted by Crippen LogP contribution is -2.40. The first-order valence-corrected chi connectivity index (χ1v) is 8.60. The van der Waals surface area contributed by atoms with Crippen LogP contribution < -0.4 is 5.32 Å². The van der Waals surface area contributed by atoms with E-state index < -0.39 is 0 Å². The number of carbonyl (C=O) groups is 1. The Bertz CT molecular complexity index is 463. The summed E-state index contributed by atoms with van der Waals surface area (Å²) in [5.41, 5.74) is 1.06. The Balaban J connectivity index is 1.69. The van der Waals surface area contributed by atoms with Crippen molar-refractivity contribution < 1.29 is 4.79 Å². The molecule has 2 aliphatic heterocycles. The van der Waals surface area contributed by atoms with Crippen LogP contribution in [0.2, 0.25) is 0 Å². The fraction of sp³-hybridized carbons (Fsp3) is 0.615. The lowest BCUT2D eigenvalue weighted by atomic mass is 10.1. The number of nitrogens with one attached hydrogen (secondary N) is 1. The first-order valence-electron chi connectivity index (χ1n) is 6.50. The second-order valence-corrected chi connectivity index (χ2v) is 7.35. The van der Waals surface area contributed by atoms with Gasteiger partial charge < -0.3 is 4.90 Å². The largest absolute Gasteiger partial charge is 0.317 e. The van der Waals surface area contributed by atoms with E-state index in [1.165, 1.54) is 11.3 Å². The van der Waals surface area contributed by atoms with Crippen LogP contribution in [0, 0.1) is 0 Å². The highest BCUT2D eigenvalue weighted by Gasteiger charge is 2.60. The molecule has 4 rings (SSSR count). The van der Waals surface area contributed by atoms with Gasteiger partial charge in [-0.1, -0.05) is 0 Å². The van der Waals surface area contributed by atoms with Crippen LogP contribution in [0.25, 0.3) is 0 Å². The summed E-state index contributed by atoms with van der Waals surface area (Å²) in [6.45, 7) is 0. The lowest BCUT2D eigenvalue weighted by molar-refractivity contribution is -0.132. The van der Waals surface area contributed by atoms with Crippen LogP contribution in [0.4, 0.5) is 0 Å². The predicted molar refractivity (Wildman–Crippen MR) is 74.7 cm³/mol. The van der Waals surface area contributed by atoms with Gasteiger partial charge in [0.1, 0.15) is 11.7 Å². The molecule has 3 aliphatic rings. The molecule has 18 heavy (non-hydrogen) atoms. The fourth-order valence-corrected chi connectivity index (χ4v) is 4.92. The van der Waals surface area contributed by atoms with Crippen LogP contribution >= 0.6 is 23.1 Å². The van der Waals surface area contributed by atoms with Crippen LogP contribution in [0.1, 0.15) is 31.0 Å². The number of hydrogen-bond acceptors (Lipinski definition) is 4. The van der Waals surface area contributed by atoms with Crippen molar-refractivity contribution in [1.29, 1.82) is 0 Å². The van der Waals surface area contributed by atoms with E-state index >= 15 is 0 Å². The molecule has 3 heterocycles. The summed E-state index contributed by atoms with van der Waals surface area (Å²) in [4.78, 5) is 14.8. The van der Waals surface area contributed by atoms with E-state index in [1.807, 2.05) is 11.8 Å². The normalized spacial score (nSPS) is 33.6. The third kappa shape index (κ3) is 1.57. The number of hydrogen-bond donors (Lipinski definition) is 1. The van der Waals surface area contributed by atoms with Crippen LogP contribution in [0.15, 0.2) is 16.8 Å². The zero-order valence-electron chi connectivity index (χ0n) is 10.1. The molecular formula is C13H16N2OS2. The van der Waals surface area contributed by atoms with Gasteiger partial charge >= 0.3 is 0 Å². The van der Waals surface area contributed by atoms with Gasteiger partial charge in [-0.3, -0.25) is 10.1 Å². The topological polar surface area (TPSA) is 32.3 Å². The molecule has 1 aromatic heterocycles. The Morgan fingerprint density at radius 3 is 2.94 bits per heavy atom. The maximum atomic E-state index is 12.6. The van der Waals surface area contributed by atoms with Gasteiger partial charge in [-0.2, -0.15) is 23.1 Å². The third-order valence-electron chi connectivity index (χ3n) is 4.24. The first kappa shape index (κ1) is 11.3. The summed E-state index contributed by atoms with van der Waals surface area (Å²) in [5, 5.41) is 7.86. The van der Waals surface area contributed by atoms with Gasteiger partial charge in [0.05, 0.1) is 0 Å². The van der Waals surface area contributed by atoms with E-state index in [0.29, 0.717) is 11.9 Å². The minimum atomic E-state index is -0.195. The SMILES string of the molecule is O=C1N(C2CCSC2)C(c2ccsc2)NC12CC2. The smallest absolute Gasteiger partial charge is 0.244 e. The van der Waals surface area contributed by atoms with Gasteiger partial charge in [-0.25, -0.2) is 0 Å². The predicted octanol–water partition coefficient (Wildman–Crippen LogP) is 2.22. The van der Waals surface area contributed by atoms with Crippen molar-refractivity contribution in [1.82, 2.24) is 10.2 Å². The molecule has 0 aromatic carbocycles. The first-order chi connectivity index (χ1) is 8.80. The Labute approximate surface area is 115 Å². The maximum absolute atomic E-state index is 12.6. The van der Waals surface area contributed by atoms with Crippen LogP contribution in [0.5, 0.6) is 0 Å². The lowest BCUT2D eigenvalue weighted by Gasteiger charge is -2.29. The van der Waals surface area contributed by atoms with Gasteiger partial charge in [0.2, 0.25) is 5.91 Å². The minimum absolute atomic E-state index is 0.120. The molecule has 1 aromatic rings. The van der Waals surface area contributed by atoms with Crippen molar-refractivity contribution in [2.24, 2.45) is 0 Å². The van der Waals surface area contributed by atoms with Crippen molar-refractivity contribution in [2.45, 2.75) is 37.0 Å². The van der Waals surface area contributed by atoms with Crippen molar-refractivity contribution >= 4 is 29.0 Å². The van der Waals surface area contributed by atoms with E-state index in [4.69, 9.17) is 0 Å². The number of amides is 1. The molecular weight excluding hydrogens is 264 g/mol. The van der Waals surface area contributed by atoms with E-state index in [0.717, 1.165) is 25.0 Å². The number of thioether (sulfide) groups is 1. The molecule has 5 heteroatoms. The summed E-state index contributed by atoms with van der Waals surface area (Å²) in [7, 11) is 0. The highest BCUT2D eigenvalue weighted by Crippen LogP contribution is 2.48. The molecule has 0 radical (unpaired) electrons. The van der Waals surface area contributed by atoms with Crippen LogP contribution in [-0.4, -0.2) is 33.9 Å². The molecule has 2 unspecified atom stereocenters. The zero-order valence-corrected chi connectivity index (χ0v) is 11.7. The van der Waals surface area contributed by atoms with Gasteiger partial charge in [-0.05, 0) is 47.4 Å². The molecule has 1 spiro atoms. The molecule has 1 amide bonds. The standard InChI is InChI=1S/C13H16N2OS2/c16-12-13(3-4-13)14-11(9-1-5-17-7-9)15(12)10-2-6-18-8-10/h1,5,7,10-11,14H,2-4,6,8H2. The molecule has 3 nitrogen and oxygen atoms in total. The maximum Gasteiger partial charge on any atom is 0.244 e. The molecule has 3 fully saturated rings. The zero-order chi connectivity index (χ0) is 12.2. The quantitative estimate of drug-likeness (QED) is 0.901. The van der Waals surface area contributed by atoms with Gasteiger partial charge in [-0.15, -0.1) is 0 Å². The average Bonchev–Trinajstić information content (AvgIpc) is 2.80. The number of thiophene rings is 1. The van der Waals surface area contributed by atoms with E-state index in [-0.39, 0.29) is 11.7 Å². The summed E-state index contributed by atoms with van der Waals surface area (Å²) in [6, 6.07) is 2.58. The van der Waals surface area contributed by atoms with Crippen molar-refractivity contribution in [3.8, 4) is 0 Å². The second-order valence-electron chi connectivity index (χ2n) is 5.42. The van der Waals surface area contributed by atoms with Crippen molar-refractivity contribution in [3.63, 3.8) is 0 Å². The molecule has 2 atom stereocenters. The van der Waals surface area contributed by atoms with E-state index in [1.54, 1.807) is 11.3 Å². The number of nitrogens with zero attached hydrogens (tertiary/aromatic N) is 1. The van der Waals surface area contributed by atoms with Gasteiger partial charge in [0.25, 0.3) is 0 Å². The Hall–Kier alpha value is -0.520. The third-order valence-corrected chi connectivity index (χ3v) is 6.09. The molecule has 1 N–H and O–H groups in total. The summed E-state index contributed by atoms with van der Waals surface area (Å²) in [5.74, 6) is 2.65. The van der Waals surface area contributed by atoms with Crippen molar-refractivity contribution in [2.75, 3.05) is 11.5 Å². The number of carbonyl (C=O) groups excluding carboxylic acids is 1. The monoisotopic (exact) mass is 280 g/mol. The van der Waals surface area contributed by atoms with Gasteiger partial charge in [0, 0.05) is 11.8 Å². The van der Waals surface area contributed by atoms with E-state index in [2.05, 4.69) is 27.0 Å². The Morgan fingerprint density at radius 1 is 1.44 bits per heavy atom. The molecule has 96 valence electrons. The highest BCUT2D eigenvalue weighted by atomic mass is 32.2. The fourth-order valence-electron chi connectivity index (χ4n) is 3.03. The Morgan fingerprint density at radius 2 is 2.33 bits per heavy atom.